The van der Waals surface area contributed by atoms with Crippen molar-refractivity contribution in [1.82, 2.24) is 4.90 Å². The average molecular weight is 289 g/mol. The Kier molecular flexibility index (Phi) is 6.74. The molecule has 1 heterocycles. The summed E-state index contributed by atoms with van der Waals surface area (Å²) in [5.74, 6) is 1.05. The van der Waals surface area contributed by atoms with Gasteiger partial charge in [0.15, 0.2) is 5.78 Å². The van der Waals surface area contributed by atoms with E-state index >= 15 is 0 Å². The molecule has 0 amide bonds. The number of nitrogens with zero attached hydrogens (tertiary/aromatic N) is 1. The first-order valence-electron chi connectivity index (χ1n) is 8.28. The van der Waals surface area contributed by atoms with Gasteiger partial charge >= 0.3 is 0 Å². The smallest absolute Gasteiger partial charge is 0.162 e. The Hall–Kier alpha value is -1.35. The molecule has 1 fully saturated rings. The third kappa shape index (κ3) is 5.50. The topological polar surface area (TPSA) is 29.5 Å². The molecule has 0 spiro atoms. The Morgan fingerprint density at radius 3 is 2.48 bits per heavy atom. The van der Waals surface area contributed by atoms with Gasteiger partial charge in [0.2, 0.25) is 0 Å². The van der Waals surface area contributed by atoms with Crippen molar-refractivity contribution < 1.29 is 9.53 Å². The molecule has 3 nitrogen and oxygen atoms in total. The normalized spacial score (nSPS) is 15.9. The lowest BCUT2D eigenvalue weighted by atomic mass is 10.1. The van der Waals surface area contributed by atoms with Crippen molar-refractivity contribution in [3.05, 3.63) is 29.8 Å². The molecule has 0 aromatic heterocycles. The van der Waals surface area contributed by atoms with Crippen molar-refractivity contribution in [1.29, 1.82) is 0 Å². The predicted octanol–water partition coefficient (Wildman–Crippen LogP) is 3.92. The van der Waals surface area contributed by atoms with Crippen LogP contribution in [-0.2, 0) is 0 Å². The third-order valence-corrected chi connectivity index (χ3v) is 4.08. The fraction of sp³-hybridized carbons (Fsp3) is 0.611. The molecule has 1 saturated heterocycles. The zero-order valence-corrected chi connectivity index (χ0v) is 13.1. The lowest BCUT2D eigenvalue weighted by molar-refractivity contribution is 0.0988. The van der Waals surface area contributed by atoms with Gasteiger partial charge in [0.25, 0.3) is 0 Å². The standard InChI is InChI=1S/C18H27NO2/c1-2-18(20)16-8-10-17(11-9-16)21-15-7-6-14-19-12-4-3-5-13-19/h8-11H,2-7,12-15H2,1H3. The summed E-state index contributed by atoms with van der Waals surface area (Å²) >= 11 is 0. The maximum Gasteiger partial charge on any atom is 0.162 e. The summed E-state index contributed by atoms with van der Waals surface area (Å²) in [7, 11) is 0. The molecule has 1 aliphatic rings. The van der Waals surface area contributed by atoms with Gasteiger partial charge < -0.3 is 9.64 Å². The molecule has 0 aliphatic carbocycles. The molecular formula is C18H27NO2. The van der Waals surface area contributed by atoms with Gasteiger partial charge in [-0.15, -0.1) is 0 Å². The first-order chi connectivity index (χ1) is 10.3. The summed E-state index contributed by atoms with van der Waals surface area (Å²) in [6, 6.07) is 7.50. The van der Waals surface area contributed by atoms with Crippen LogP contribution in [-0.4, -0.2) is 36.9 Å². The fourth-order valence-corrected chi connectivity index (χ4v) is 2.75. The number of likely N-dealkylation sites (tertiary alicyclic amines) is 1. The van der Waals surface area contributed by atoms with Gasteiger partial charge in [-0.05, 0) is 69.6 Å². The van der Waals surface area contributed by atoms with E-state index in [1.165, 1.54) is 45.3 Å². The minimum Gasteiger partial charge on any atom is -0.494 e. The van der Waals surface area contributed by atoms with E-state index in [9.17, 15) is 4.79 Å². The highest BCUT2D eigenvalue weighted by molar-refractivity contribution is 5.95. The molecule has 0 radical (unpaired) electrons. The van der Waals surface area contributed by atoms with Crippen LogP contribution < -0.4 is 4.74 Å². The SMILES string of the molecule is CCC(=O)c1ccc(OCCCCN2CCCCC2)cc1. The van der Waals surface area contributed by atoms with Gasteiger partial charge in [-0.1, -0.05) is 13.3 Å². The predicted molar refractivity (Wildman–Crippen MR) is 86.1 cm³/mol. The fourth-order valence-electron chi connectivity index (χ4n) is 2.75. The number of ether oxygens (including phenoxy) is 1. The number of carbonyl (C=O) groups is 1. The van der Waals surface area contributed by atoms with Crippen LogP contribution in [0.4, 0.5) is 0 Å². The highest BCUT2D eigenvalue weighted by Crippen LogP contribution is 2.14. The molecule has 0 saturated carbocycles. The summed E-state index contributed by atoms with van der Waals surface area (Å²) in [4.78, 5) is 14.1. The maximum atomic E-state index is 11.5. The Bertz CT molecular complexity index is 421. The highest BCUT2D eigenvalue weighted by atomic mass is 16.5. The average Bonchev–Trinajstić information content (AvgIpc) is 2.55. The third-order valence-electron chi connectivity index (χ3n) is 4.08. The minimum atomic E-state index is 0.183. The molecule has 0 bridgehead atoms. The number of piperidine rings is 1. The summed E-state index contributed by atoms with van der Waals surface area (Å²) < 4.78 is 5.73. The summed E-state index contributed by atoms with van der Waals surface area (Å²) in [5.41, 5.74) is 0.773. The second-order valence-electron chi connectivity index (χ2n) is 5.76. The molecular weight excluding hydrogens is 262 g/mol. The second kappa shape index (κ2) is 8.83. The van der Waals surface area contributed by atoms with E-state index in [4.69, 9.17) is 4.74 Å². The first kappa shape index (κ1) is 16.0. The van der Waals surface area contributed by atoms with Gasteiger partial charge in [-0.2, -0.15) is 0 Å². The molecule has 0 unspecified atom stereocenters. The molecule has 2 rings (SSSR count). The van der Waals surface area contributed by atoms with E-state index in [1.54, 1.807) is 0 Å². The van der Waals surface area contributed by atoms with Crippen LogP contribution in [0.25, 0.3) is 0 Å². The molecule has 3 heteroatoms. The Morgan fingerprint density at radius 2 is 1.81 bits per heavy atom. The van der Waals surface area contributed by atoms with E-state index in [1.807, 2.05) is 31.2 Å². The van der Waals surface area contributed by atoms with E-state index in [2.05, 4.69) is 4.90 Å². The number of hydrogen-bond acceptors (Lipinski definition) is 3. The quantitative estimate of drug-likeness (QED) is 0.536. The maximum absolute atomic E-state index is 11.5. The first-order valence-corrected chi connectivity index (χ1v) is 8.28. The molecule has 21 heavy (non-hydrogen) atoms. The van der Waals surface area contributed by atoms with Crippen LogP contribution in [0.5, 0.6) is 5.75 Å². The number of ketones is 1. The van der Waals surface area contributed by atoms with Crippen molar-refractivity contribution in [2.45, 2.75) is 45.4 Å². The second-order valence-corrected chi connectivity index (χ2v) is 5.76. The van der Waals surface area contributed by atoms with Crippen molar-refractivity contribution in [2.75, 3.05) is 26.2 Å². The van der Waals surface area contributed by atoms with Crippen LogP contribution in [0.1, 0.15) is 55.8 Å². The number of benzene rings is 1. The number of hydrogen-bond donors (Lipinski definition) is 0. The largest absolute Gasteiger partial charge is 0.494 e. The summed E-state index contributed by atoms with van der Waals surface area (Å²) in [6.07, 6.45) is 6.96. The summed E-state index contributed by atoms with van der Waals surface area (Å²) in [6.45, 7) is 6.39. The Balaban J connectivity index is 1.61. The number of unbranched alkanes of at least 4 members (excludes halogenated alkanes) is 1. The van der Waals surface area contributed by atoms with Crippen LogP contribution in [0.2, 0.25) is 0 Å². The van der Waals surface area contributed by atoms with Crippen LogP contribution in [0.15, 0.2) is 24.3 Å². The molecule has 0 N–H and O–H groups in total. The number of Topliss-reactive ketones (excluding diaryl/α,β-unsaturated/α-hetero) is 1. The van der Waals surface area contributed by atoms with Gasteiger partial charge in [-0.25, -0.2) is 0 Å². The zero-order valence-electron chi connectivity index (χ0n) is 13.1. The van der Waals surface area contributed by atoms with E-state index in [0.29, 0.717) is 6.42 Å². The van der Waals surface area contributed by atoms with Gasteiger partial charge in [0.05, 0.1) is 6.61 Å². The number of rotatable bonds is 8. The van der Waals surface area contributed by atoms with Crippen molar-refractivity contribution in [2.24, 2.45) is 0 Å². The lowest BCUT2D eigenvalue weighted by Crippen LogP contribution is -2.30. The van der Waals surface area contributed by atoms with Gasteiger partial charge in [0.1, 0.15) is 5.75 Å². The van der Waals surface area contributed by atoms with Crippen LogP contribution in [0.3, 0.4) is 0 Å². The summed E-state index contributed by atoms with van der Waals surface area (Å²) in [5, 5.41) is 0. The highest BCUT2D eigenvalue weighted by Gasteiger charge is 2.08. The monoisotopic (exact) mass is 289 g/mol. The lowest BCUT2D eigenvalue weighted by Gasteiger charge is -2.26. The molecule has 1 aliphatic heterocycles. The Labute approximate surface area is 128 Å². The van der Waals surface area contributed by atoms with Crippen molar-refractivity contribution >= 4 is 5.78 Å². The molecule has 1 aromatic carbocycles. The number of carbonyl (C=O) groups excluding carboxylic acids is 1. The zero-order chi connectivity index (χ0) is 14.9. The Morgan fingerprint density at radius 1 is 1.10 bits per heavy atom. The van der Waals surface area contributed by atoms with E-state index in [0.717, 1.165) is 24.3 Å². The van der Waals surface area contributed by atoms with Gasteiger partial charge in [-0.3, -0.25) is 4.79 Å². The molecule has 116 valence electrons. The van der Waals surface area contributed by atoms with Crippen LogP contribution >= 0.6 is 0 Å². The van der Waals surface area contributed by atoms with E-state index in [-0.39, 0.29) is 5.78 Å². The molecule has 1 aromatic rings. The van der Waals surface area contributed by atoms with Crippen molar-refractivity contribution in [3.63, 3.8) is 0 Å². The van der Waals surface area contributed by atoms with E-state index < -0.39 is 0 Å². The van der Waals surface area contributed by atoms with Crippen molar-refractivity contribution in [3.8, 4) is 5.75 Å². The molecule has 0 atom stereocenters. The minimum absolute atomic E-state index is 0.183. The van der Waals surface area contributed by atoms with Crippen LogP contribution in [0, 0.1) is 0 Å². The van der Waals surface area contributed by atoms with Gasteiger partial charge in [0, 0.05) is 12.0 Å².